The lowest BCUT2D eigenvalue weighted by Crippen LogP contribution is -2.45. The maximum atomic E-state index is 6.13. The summed E-state index contributed by atoms with van der Waals surface area (Å²) in [6, 6.07) is 6.45. The van der Waals surface area contributed by atoms with Gasteiger partial charge in [0.2, 0.25) is 0 Å². The molecule has 2 aromatic heterocycles. The summed E-state index contributed by atoms with van der Waals surface area (Å²) in [7, 11) is 0. The second-order valence-corrected chi connectivity index (χ2v) is 7.50. The van der Waals surface area contributed by atoms with Gasteiger partial charge in [0.05, 0.1) is 11.2 Å². The molecule has 0 aliphatic carbocycles. The molecule has 0 spiro atoms. The number of aromatic nitrogens is 2. The van der Waals surface area contributed by atoms with Gasteiger partial charge in [-0.2, -0.15) is 0 Å². The van der Waals surface area contributed by atoms with Gasteiger partial charge in [0.1, 0.15) is 5.15 Å². The highest BCUT2D eigenvalue weighted by Crippen LogP contribution is 2.38. The van der Waals surface area contributed by atoms with E-state index >= 15 is 0 Å². The molecule has 0 atom stereocenters. The van der Waals surface area contributed by atoms with Crippen molar-refractivity contribution in [1.29, 1.82) is 0 Å². The predicted molar refractivity (Wildman–Crippen MR) is 97.9 cm³/mol. The van der Waals surface area contributed by atoms with E-state index in [1.165, 1.54) is 27.7 Å². The molecule has 118 valence electrons. The third kappa shape index (κ3) is 2.60. The maximum absolute atomic E-state index is 6.13. The molecule has 1 saturated heterocycles. The van der Waals surface area contributed by atoms with Crippen LogP contribution in [0.25, 0.3) is 10.8 Å². The van der Waals surface area contributed by atoms with E-state index in [9.17, 15) is 0 Å². The minimum Gasteiger partial charge on any atom is -0.370 e. The number of nitrogens with zero attached hydrogens (tertiary/aromatic N) is 3. The van der Waals surface area contributed by atoms with E-state index in [1.54, 1.807) is 11.3 Å². The highest BCUT2D eigenvalue weighted by molar-refractivity contribution is 7.07. The Labute approximate surface area is 144 Å². The summed E-state index contributed by atoms with van der Waals surface area (Å²) in [5.41, 5.74) is 5.71. The number of benzene rings is 1. The fraction of sp³-hybridized carbons (Fsp3) is 0.333. The van der Waals surface area contributed by atoms with Gasteiger partial charge in [-0.3, -0.25) is 0 Å². The Hall–Kier alpha value is -1.65. The molecule has 0 N–H and O–H groups in total. The van der Waals surface area contributed by atoms with Gasteiger partial charge in [0.15, 0.2) is 0 Å². The molecule has 0 bridgehead atoms. The van der Waals surface area contributed by atoms with Crippen LogP contribution in [0.5, 0.6) is 0 Å². The van der Waals surface area contributed by atoms with E-state index in [0.717, 1.165) is 13.1 Å². The number of pyridine rings is 1. The highest BCUT2D eigenvalue weighted by Gasteiger charge is 2.30. The monoisotopic (exact) mass is 343 g/mol. The van der Waals surface area contributed by atoms with Crippen molar-refractivity contribution in [2.24, 2.45) is 0 Å². The molecule has 4 rings (SSSR count). The van der Waals surface area contributed by atoms with Crippen LogP contribution >= 0.6 is 22.9 Å². The van der Waals surface area contributed by atoms with Crippen molar-refractivity contribution >= 4 is 39.4 Å². The van der Waals surface area contributed by atoms with Gasteiger partial charge >= 0.3 is 0 Å². The average molecular weight is 344 g/mol. The second kappa shape index (κ2) is 5.77. The van der Waals surface area contributed by atoms with Crippen LogP contribution in [0.15, 0.2) is 35.3 Å². The number of rotatable bonds is 3. The number of fused-ring (bicyclic) bond motifs is 1. The van der Waals surface area contributed by atoms with Crippen LogP contribution < -0.4 is 4.90 Å². The molecule has 3 nitrogen and oxygen atoms in total. The maximum Gasteiger partial charge on any atom is 0.129 e. The lowest BCUT2D eigenvalue weighted by Gasteiger charge is -2.41. The molecule has 1 aliphatic heterocycles. The Morgan fingerprint density at radius 3 is 2.74 bits per heavy atom. The average Bonchev–Trinajstić information content (AvgIpc) is 2.99. The van der Waals surface area contributed by atoms with Crippen molar-refractivity contribution in [3.63, 3.8) is 0 Å². The molecule has 1 fully saturated rings. The van der Waals surface area contributed by atoms with Crippen LogP contribution in [0.1, 0.15) is 36.9 Å². The number of hydrogen-bond donors (Lipinski definition) is 0. The van der Waals surface area contributed by atoms with Crippen molar-refractivity contribution in [3.8, 4) is 0 Å². The lowest BCUT2D eigenvalue weighted by molar-refractivity contribution is 0.517. The van der Waals surface area contributed by atoms with Crippen molar-refractivity contribution in [2.45, 2.75) is 25.7 Å². The summed E-state index contributed by atoms with van der Waals surface area (Å²) in [6.07, 6.45) is 1.91. The topological polar surface area (TPSA) is 29.0 Å². The van der Waals surface area contributed by atoms with Gasteiger partial charge in [-0.15, -0.1) is 11.3 Å². The Balaban J connectivity index is 1.70. The summed E-state index contributed by atoms with van der Waals surface area (Å²) >= 11 is 7.80. The van der Waals surface area contributed by atoms with Crippen LogP contribution in [0, 0.1) is 0 Å². The second-order valence-electron chi connectivity index (χ2n) is 6.40. The van der Waals surface area contributed by atoms with Gasteiger partial charge in [0, 0.05) is 41.7 Å². The molecule has 0 radical (unpaired) electrons. The van der Waals surface area contributed by atoms with Crippen molar-refractivity contribution in [3.05, 3.63) is 51.7 Å². The normalized spacial score (nSPS) is 15.4. The van der Waals surface area contributed by atoms with Crippen molar-refractivity contribution in [2.75, 3.05) is 18.0 Å². The first-order valence-corrected chi connectivity index (χ1v) is 9.16. The summed E-state index contributed by atoms with van der Waals surface area (Å²) < 4.78 is 0. The van der Waals surface area contributed by atoms with Gasteiger partial charge in [-0.25, -0.2) is 9.97 Å². The Morgan fingerprint density at radius 1 is 1.22 bits per heavy atom. The first-order chi connectivity index (χ1) is 11.1. The highest BCUT2D eigenvalue weighted by atomic mass is 35.5. The molecule has 5 heteroatoms. The van der Waals surface area contributed by atoms with Crippen LogP contribution in [0.4, 0.5) is 5.69 Å². The van der Waals surface area contributed by atoms with Crippen LogP contribution in [-0.2, 0) is 0 Å². The van der Waals surface area contributed by atoms with Gasteiger partial charge in [-0.05, 0) is 29.0 Å². The quantitative estimate of drug-likeness (QED) is 0.621. The van der Waals surface area contributed by atoms with Gasteiger partial charge in [0.25, 0.3) is 0 Å². The van der Waals surface area contributed by atoms with E-state index in [0.29, 0.717) is 17.0 Å². The zero-order chi connectivity index (χ0) is 16.0. The molecular weight excluding hydrogens is 326 g/mol. The summed E-state index contributed by atoms with van der Waals surface area (Å²) in [4.78, 5) is 11.2. The minimum atomic E-state index is 0.462. The molecule has 3 heterocycles. The number of hydrogen-bond acceptors (Lipinski definition) is 4. The summed E-state index contributed by atoms with van der Waals surface area (Å²) in [5, 5.41) is 5.12. The van der Waals surface area contributed by atoms with Gasteiger partial charge < -0.3 is 4.90 Å². The SMILES string of the molecule is CC(C)c1ccc(N2CC(c3cscn3)C2)c2cnc(Cl)cc12. The molecule has 3 aromatic rings. The zero-order valence-electron chi connectivity index (χ0n) is 13.2. The fourth-order valence-electron chi connectivity index (χ4n) is 3.29. The van der Waals surface area contributed by atoms with E-state index in [2.05, 4.69) is 46.2 Å². The molecule has 1 aromatic carbocycles. The molecule has 1 aliphatic rings. The molecule has 0 unspecified atom stereocenters. The fourth-order valence-corrected chi connectivity index (χ4v) is 4.08. The molecular formula is C18H18ClN3S. The minimum absolute atomic E-state index is 0.462. The van der Waals surface area contributed by atoms with Crippen LogP contribution in [0.3, 0.4) is 0 Å². The third-order valence-corrected chi connectivity index (χ3v) is 5.40. The number of thiazole rings is 1. The predicted octanol–water partition coefficient (Wildman–Crippen LogP) is 5.07. The van der Waals surface area contributed by atoms with Crippen LogP contribution in [0.2, 0.25) is 5.15 Å². The Kier molecular flexibility index (Phi) is 3.74. The molecule has 23 heavy (non-hydrogen) atoms. The van der Waals surface area contributed by atoms with Crippen molar-refractivity contribution < 1.29 is 0 Å². The largest absolute Gasteiger partial charge is 0.370 e. The summed E-state index contributed by atoms with van der Waals surface area (Å²) in [5.74, 6) is 1.01. The standard InChI is InChI=1S/C18H18ClN3S/c1-11(2)13-3-4-17(15-6-20-18(19)5-14(13)15)22-7-12(8-22)16-9-23-10-21-16/h3-6,9-12H,7-8H2,1-2H3. The molecule has 0 amide bonds. The summed E-state index contributed by atoms with van der Waals surface area (Å²) in [6.45, 7) is 6.46. The van der Waals surface area contributed by atoms with Crippen molar-refractivity contribution in [1.82, 2.24) is 9.97 Å². The van der Waals surface area contributed by atoms with Crippen LogP contribution in [-0.4, -0.2) is 23.1 Å². The lowest BCUT2D eigenvalue weighted by atomic mass is 9.92. The Bertz CT molecular complexity index is 839. The van der Waals surface area contributed by atoms with E-state index in [1.807, 2.05) is 17.8 Å². The van der Waals surface area contributed by atoms with E-state index < -0.39 is 0 Å². The van der Waals surface area contributed by atoms with E-state index in [4.69, 9.17) is 11.6 Å². The van der Waals surface area contributed by atoms with Gasteiger partial charge in [-0.1, -0.05) is 31.5 Å². The number of anilines is 1. The zero-order valence-corrected chi connectivity index (χ0v) is 14.7. The van der Waals surface area contributed by atoms with E-state index in [-0.39, 0.29) is 0 Å². The third-order valence-electron chi connectivity index (χ3n) is 4.59. The first kappa shape index (κ1) is 14.9. The smallest absolute Gasteiger partial charge is 0.129 e. The molecule has 0 saturated carbocycles. The Morgan fingerprint density at radius 2 is 2.04 bits per heavy atom. The first-order valence-electron chi connectivity index (χ1n) is 7.84. The number of halogens is 1.